The number of nitro benzene ring substituents is 1. The average molecular weight is 460 g/mol. The lowest BCUT2D eigenvalue weighted by atomic mass is 10.1. The van der Waals surface area contributed by atoms with Crippen molar-refractivity contribution in [3.63, 3.8) is 0 Å². The molecule has 0 aliphatic carbocycles. The Balaban J connectivity index is 1.58. The summed E-state index contributed by atoms with van der Waals surface area (Å²) >= 11 is 1.54. The van der Waals surface area contributed by atoms with E-state index in [1.807, 2.05) is 35.7 Å². The molecule has 166 valence electrons. The second kappa shape index (κ2) is 8.91. The van der Waals surface area contributed by atoms with Gasteiger partial charge in [-0.25, -0.2) is 4.99 Å². The van der Waals surface area contributed by atoms with Gasteiger partial charge in [-0.05, 0) is 59.5 Å². The molecule has 0 radical (unpaired) electrons. The Morgan fingerprint density at radius 3 is 2.45 bits per heavy atom. The summed E-state index contributed by atoms with van der Waals surface area (Å²) in [5.41, 5.74) is 5.08. The summed E-state index contributed by atoms with van der Waals surface area (Å²) < 4.78 is 13.1. The van der Waals surface area contributed by atoms with Crippen molar-refractivity contribution in [1.29, 1.82) is 0 Å². The van der Waals surface area contributed by atoms with Crippen LogP contribution in [0.25, 0.3) is 11.3 Å². The maximum atomic E-state index is 11.1. The molecule has 0 saturated carbocycles. The van der Waals surface area contributed by atoms with Gasteiger partial charge in [-0.3, -0.25) is 10.1 Å². The van der Waals surface area contributed by atoms with Crippen LogP contribution in [0.15, 0.2) is 77.1 Å². The number of hydrogen-bond acceptors (Lipinski definition) is 6. The minimum atomic E-state index is -0.390. The first-order valence-corrected chi connectivity index (χ1v) is 11.4. The third-order valence-electron chi connectivity index (χ3n) is 5.52. The summed E-state index contributed by atoms with van der Waals surface area (Å²) in [5, 5.41) is 13.1. The van der Waals surface area contributed by atoms with Gasteiger partial charge in [-0.1, -0.05) is 25.1 Å². The molecule has 4 aromatic rings. The van der Waals surface area contributed by atoms with Crippen LogP contribution in [0, 0.1) is 10.1 Å². The summed E-state index contributed by atoms with van der Waals surface area (Å²) in [6, 6.07) is 20.7. The molecule has 1 aromatic heterocycles. The molecule has 7 nitrogen and oxygen atoms in total. The van der Waals surface area contributed by atoms with E-state index >= 15 is 0 Å². The average Bonchev–Trinajstić information content (AvgIpc) is 3.46. The largest absolute Gasteiger partial charge is 0.454 e. The van der Waals surface area contributed by atoms with Crippen molar-refractivity contribution >= 4 is 22.7 Å². The second-order valence-electron chi connectivity index (χ2n) is 7.61. The highest BCUT2D eigenvalue weighted by atomic mass is 32.1. The Hall–Kier alpha value is -3.91. The Morgan fingerprint density at radius 1 is 1.00 bits per heavy atom. The van der Waals surface area contributed by atoms with Crippen LogP contribution in [0.1, 0.15) is 18.1 Å². The SMILES string of the molecule is CCc1ccc(N=c2scc(-c3ccc([N+](=O)[O-])cc3)n2Cc2ccc3c(c2)OCO3)cc1. The molecule has 33 heavy (non-hydrogen) atoms. The first-order valence-electron chi connectivity index (χ1n) is 10.6. The number of fused-ring (bicyclic) bond motifs is 1. The first-order chi connectivity index (χ1) is 16.1. The van der Waals surface area contributed by atoms with Crippen molar-refractivity contribution in [2.24, 2.45) is 4.99 Å². The van der Waals surface area contributed by atoms with Crippen molar-refractivity contribution in [2.75, 3.05) is 6.79 Å². The predicted molar refractivity (Wildman–Crippen MR) is 127 cm³/mol. The lowest BCUT2D eigenvalue weighted by Gasteiger charge is -2.10. The smallest absolute Gasteiger partial charge is 0.269 e. The summed E-state index contributed by atoms with van der Waals surface area (Å²) in [7, 11) is 0. The van der Waals surface area contributed by atoms with E-state index in [0.29, 0.717) is 6.54 Å². The topological polar surface area (TPSA) is 78.9 Å². The number of nitro groups is 1. The molecule has 8 heteroatoms. The molecule has 0 N–H and O–H groups in total. The minimum absolute atomic E-state index is 0.0669. The normalized spacial score (nSPS) is 12.8. The van der Waals surface area contributed by atoms with E-state index in [0.717, 1.165) is 45.2 Å². The number of thiazole rings is 1. The van der Waals surface area contributed by atoms with Crippen molar-refractivity contribution < 1.29 is 14.4 Å². The molecule has 0 fully saturated rings. The number of hydrogen-bond donors (Lipinski definition) is 0. The van der Waals surface area contributed by atoms with Crippen molar-refractivity contribution in [1.82, 2.24) is 4.57 Å². The van der Waals surface area contributed by atoms with Crippen molar-refractivity contribution in [2.45, 2.75) is 19.9 Å². The van der Waals surface area contributed by atoms with Gasteiger partial charge in [0.2, 0.25) is 6.79 Å². The second-order valence-corrected chi connectivity index (χ2v) is 8.45. The quantitative estimate of drug-likeness (QED) is 0.274. The van der Waals surface area contributed by atoms with Gasteiger partial charge in [0, 0.05) is 17.5 Å². The monoisotopic (exact) mass is 459 g/mol. The number of rotatable bonds is 6. The lowest BCUT2D eigenvalue weighted by molar-refractivity contribution is -0.384. The van der Waals surface area contributed by atoms with Gasteiger partial charge in [-0.2, -0.15) is 0 Å². The van der Waals surface area contributed by atoms with Crippen LogP contribution >= 0.6 is 11.3 Å². The van der Waals surface area contributed by atoms with Crippen LogP contribution in [0.4, 0.5) is 11.4 Å². The maximum Gasteiger partial charge on any atom is 0.269 e. The van der Waals surface area contributed by atoms with Gasteiger partial charge in [-0.15, -0.1) is 11.3 Å². The summed E-state index contributed by atoms with van der Waals surface area (Å²) in [4.78, 5) is 16.4. The summed E-state index contributed by atoms with van der Waals surface area (Å²) in [6.45, 7) is 2.92. The van der Waals surface area contributed by atoms with E-state index in [-0.39, 0.29) is 12.5 Å². The number of aryl methyl sites for hydroxylation is 1. The summed E-state index contributed by atoms with van der Waals surface area (Å²) in [5.74, 6) is 1.47. The van der Waals surface area contributed by atoms with Crippen LogP contribution in [0.3, 0.4) is 0 Å². The van der Waals surface area contributed by atoms with Gasteiger partial charge in [0.05, 0.1) is 22.8 Å². The van der Waals surface area contributed by atoms with E-state index < -0.39 is 4.92 Å². The number of aromatic nitrogens is 1. The van der Waals surface area contributed by atoms with Crippen LogP contribution in [0.5, 0.6) is 11.5 Å². The van der Waals surface area contributed by atoms with E-state index in [1.54, 1.807) is 12.1 Å². The lowest BCUT2D eigenvalue weighted by Crippen LogP contribution is -2.16. The number of ether oxygens (including phenoxy) is 2. The fourth-order valence-electron chi connectivity index (χ4n) is 3.69. The van der Waals surface area contributed by atoms with E-state index in [9.17, 15) is 10.1 Å². The molecule has 3 aromatic carbocycles. The van der Waals surface area contributed by atoms with Crippen LogP contribution in [0.2, 0.25) is 0 Å². The van der Waals surface area contributed by atoms with Gasteiger partial charge in [0.25, 0.3) is 5.69 Å². The number of nitrogens with zero attached hydrogens (tertiary/aromatic N) is 3. The zero-order valence-electron chi connectivity index (χ0n) is 17.9. The highest BCUT2D eigenvalue weighted by Crippen LogP contribution is 2.33. The first kappa shape index (κ1) is 21.0. The molecule has 2 heterocycles. The highest BCUT2D eigenvalue weighted by Gasteiger charge is 2.16. The molecule has 0 saturated heterocycles. The zero-order valence-corrected chi connectivity index (χ0v) is 18.7. The third kappa shape index (κ3) is 4.38. The van der Waals surface area contributed by atoms with Gasteiger partial charge in [0.15, 0.2) is 16.3 Å². The molecule has 1 aliphatic rings. The van der Waals surface area contributed by atoms with Crippen molar-refractivity contribution in [3.05, 3.63) is 98.2 Å². The Kier molecular flexibility index (Phi) is 5.66. The molecular formula is C25H21N3O4S. The molecule has 0 bridgehead atoms. The Labute approximate surface area is 194 Å². The molecule has 1 aliphatic heterocycles. The van der Waals surface area contributed by atoms with E-state index in [4.69, 9.17) is 14.5 Å². The van der Waals surface area contributed by atoms with E-state index in [2.05, 4.69) is 23.6 Å². The summed E-state index contributed by atoms with van der Waals surface area (Å²) in [6.07, 6.45) is 0.980. The predicted octanol–water partition coefficient (Wildman–Crippen LogP) is 5.70. The number of benzene rings is 3. The Morgan fingerprint density at radius 2 is 1.73 bits per heavy atom. The maximum absolute atomic E-state index is 11.1. The zero-order chi connectivity index (χ0) is 22.8. The Bertz CT molecular complexity index is 1370. The molecule has 0 spiro atoms. The minimum Gasteiger partial charge on any atom is -0.454 e. The fraction of sp³-hybridized carbons (Fsp3) is 0.160. The van der Waals surface area contributed by atoms with Gasteiger partial charge < -0.3 is 14.0 Å². The molecule has 0 atom stereocenters. The van der Waals surface area contributed by atoms with Crippen LogP contribution < -0.4 is 14.3 Å². The van der Waals surface area contributed by atoms with Crippen molar-refractivity contribution in [3.8, 4) is 22.8 Å². The molecule has 5 rings (SSSR count). The molecular weight excluding hydrogens is 438 g/mol. The number of non-ortho nitro benzene ring substituents is 1. The van der Waals surface area contributed by atoms with Gasteiger partial charge in [0.1, 0.15) is 0 Å². The van der Waals surface area contributed by atoms with Gasteiger partial charge >= 0.3 is 0 Å². The third-order valence-corrected chi connectivity index (χ3v) is 6.38. The fourth-order valence-corrected chi connectivity index (χ4v) is 4.62. The van der Waals surface area contributed by atoms with E-state index in [1.165, 1.54) is 29.0 Å². The highest BCUT2D eigenvalue weighted by molar-refractivity contribution is 7.07. The standard InChI is InChI=1S/C25H21N3O4S/c1-2-17-3-8-20(9-4-17)26-25-27(14-18-5-12-23-24(13-18)32-16-31-23)22(15-33-25)19-6-10-21(11-7-19)28(29)30/h3-13,15H,2,14,16H2,1H3. The van der Waals surface area contributed by atoms with Crippen LogP contribution in [-0.2, 0) is 13.0 Å². The van der Waals surface area contributed by atoms with Crippen LogP contribution in [-0.4, -0.2) is 16.3 Å². The molecule has 0 unspecified atom stereocenters. The molecule has 0 amide bonds.